The van der Waals surface area contributed by atoms with Crippen molar-refractivity contribution in [3.8, 4) is 5.75 Å². The highest BCUT2D eigenvalue weighted by atomic mass is 19.4. The summed E-state index contributed by atoms with van der Waals surface area (Å²) in [6.45, 7) is 0.112. The molecule has 0 aliphatic carbocycles. The van der Waals surface area contributed by atoms with E-state index < -0.39 is 11.7 Å². The number of pyridine rings is 1. The van der Waals surface area contributed by atoms with Gasteiger partial charge in [-0.2, -0.15) is 18.3 Å². The van der Waals surface area contributed by atoms with E-state index in [1.54, 1.807) is 42.5 Å². The molecule has 0 fully saturated rings. The van der Waals surface area contributed by atoms with Crippen LogP contribution >= 0.6 is 0 Å². The number of aromatic nitrogens is 1. The zero-order valence-electron chi connectivity index (χ0n) is 14.4. The number of hydrogen-bond donors (Lipinski definition) is 1. The standard InChI is InChI=1S/C20H15F4N3O/c21-18-4-2-1-3-15(18)13-28-17-8-5-14(6-9-17)11-26-27-19-10-7-16(12-25-19)20(22,23)24/h1-12H,13H2,(H,25,27)/b26-11-. The topological polar surface area (TPSA) is 46.5 Å². The van der Waals surface area contributed by atoms with Gasteiger partial charge in [0.15, 0.2) is 0 Å². The molecule has 0 unspecified atom stereocenters. The summed E-state index contributed by atoms with van der Waals surface area (Å²) in [5.41, 5.74) is 2.92. The Morgan fingerprint density at radius 3 is 2.39 bits per heavy atom. The number of benzene rings is 2. The molecule has 0 aliphatic rings. The van der Waals surface area contributed by atoms with Gasteiger partial charge in [0.1, 0.15) is 24.0 Å². The Bertz CT molecular complexity index is 939. The molecule has 4 nitrogen and oxygen atoms in total. The maximum Gasteiger partial charge on any atom is 0.417 e. The normalized spacial score (nSPS) is 11.6. The molecule has 0 radical (unpaired) electrons. The number of hydrazone groups is 1. The first-order chi connectivity index (χ1) is 13.4. The van der Waals surface area contributed by atoms with Crippen LogP contribution in [0.15, 0.2) is 72.0 Å². The molecule has 0 amide bonds. The predicted octanol–water partition coefficient (Wildman–Crippen LogP) is 5.26. The van der Waals surface area contributed by atoms with E-state index in [9.17, 15) is 17.6 Å². The molecular formula is C20H15F4N3O. The highest BCUT2D eigenvalue weighted by Crippen LogP contribution is 2.28. The summed E-state index contributed by atoms with van der Waals surface area (Å²) in [4.78, 5) is 3.66. The lowest BCUT2D eigenvalue weighted by Crippen LogP contribution is -2.05. The summed E-state index contributed by atoms with van der Waals surface area (Å²) in [6.07, 6.45) is -2.20. The molecule has 3 rings (SSSR count). The average molecular weight is 389 g/mol. The van der Waals surface area contributed by atoms with Crippen LogP contribution < -0.4 is 10.2 Å². The fourth-order valence-electron chi connectivity index (χ4n) is 2.23. The van der Waals surface area contributed by atoms with E-state index in [4.69, 9.17) is 4.74 Å². The summed E-state index contributed by atoms with van der Waals surface area (Å²) in [5.74, 6) is 0.432. The summed E-state index contributed by atoms with van der Waals surface area (Å²) < 4.78 is 56.5. The van der Waals surface area contributed by atoms with Crippen LogP contribution in [0.5, 0.6) is 5.75 Å². The molecule has 1 N–H and O–H groups in total. The maximum absolute atomic E-state index is 13.6. The van der Waals surface area contributed by atoms with Gasteiger partial charge in [-0.1, -0.05) is 18.2 Å². The molecule has 2 aromatic carbocycles. The van der Waals surface area contributed by atoms with Gasteiger partial charge in [0.25, 0.3) is 0 Å². The van der Waals surface area contributed by atoms with Gasteiger partial charge in [-0.25, -0.2) is 9.37 Å². The van der Waals surface area contributed by atoms with Crippen LogP contribution in [0.2, 0.25) is 0 Å². The van der Waals surface area contributed by atoms with E-state index in [1.165, 1.54) is 18.3 Å². The van der Waals surface area contributed by atoms with Crippen LogP contribution in [-0.4, -0.2) is 11.2 Å². The molecule has 8 heteroatoms. The number of ether oxygens (including phenoxy) is 1. The average Bonchev–Trinajstić information content (AvgIpc) is 2.68. The quantitative estimate of drug-likeness (QED) is 0.355. The minimum absolute atomic E-state index is 0.112. The maximum atomic E-state index is 13.6. The molecule has 0 spiro atoms. The molecule has 3 aromatic rings. The van der Waals surface area contributed by atoms with Crippen molar-refractivity contribution in [2.24, 2.45) is 5.10 Å². The van der Waals surface area contributed by atoms with E-state index >= 15 is 0 Å². The van der Waals surface area contributed by atoms with Gasteiger partial charge in [0, 0.05) is 11.8 Å². The molecule has 0 bridgehead atoms. The first-order valence-electron chi connectivity index (χ1n) is 8.20. The molecule has 0 atom stereocenters. The molecule has 0 saturated carbocycles. The van der Waals surface area contributed by atoms with Crippen molar-refractivity contribution in [2.75, 3.05) is 5.43 Å². The third-order valence-electron chi connectivity index (χ3n) is 3.72. The second kappa shape index (κ2) is 8.51. The molecule has 0 saturated heterocycles. The summed E-state index contributed by atoms with van der Waals surface area (Å²) in [6, 6.07) is 15.4. The van der Waals surface area contributed by atoms with Crippen molar-refractivity contribution in [2.45, 2.75) is 12.8 Å². The highest BCUT2D eigenvalue weighted by Gasteiger charge is 2.30. The Balaban J connectivity index is 1.53. The molecule has 0 aliphatic heterocycles. The van der Waals surface area contributed by atoms with E-state index in [0.29, 0.717) is 11.3 Å². The number of halogens is 4. The van der Waals surface area contributed by atoms with Crippen molar-refractivity contribution in [1.29, 1.82) is 0 Å². The minimum Gasteiger partial charge on any atom is -0.489 e. The second-order valence-corrected chi connectivity index (χ2v) is 5.75. The summed E-state index contributed by atoms with van der Waals surface area (Å²) >= 11 is 0. The van der Waals surface area contributed by atoms with Crippen molar-refractivity contribution >= 4 is 12.0 Å². The highest BCUT2D eigenvalue weighted by molar-refractivity contribution is 5.80. The monoisotopic (exact) mass is 389 g/mol. The van der Waals surface area contributed by atoms with Crippen LogP contribution in [-0.2, 0) is 12.8 Å². The number of rotatable bonds is 6. The van der Waals surface area contributed by atoms with E-state index in [2.05, 4.69) is 15.5 Å². The van der Waals surface area contributed by atoms with Gasteiger partial charge in [-0.15, -0.1) is 0 Å². The van der Waals surface area contributed by atoms with Crippen molar-refractivity contribution in [3.63, 3.8) is 0 Å². The Kier molecular flexibility index (Phi) is 5.88. The smallest absolute Gasteiger partial charge is 0.417 e. The fraction of sp³-hybridized carbons (Fsp3) is 0.100. The van der Waals surface area contributed by atoms with Crippen molar-refractivity contribution < 1.29 is 22.3 Å². The van der Waals surface area contributed by atoms with Gasteiger partial charge in [-0.3, -0.25) is 5.43 Å². The Morgan fingerprint density at radius 2 is 1.75 bits per heavy atom. The number of hydrogen-bond acceptors (Lipinski definition) is 4. The van der Waals surface area contributed by atoms with E-state index in [-0.39, 0.29) is 18.2 Å². The SMILES string of the molecule is Fc1ccccc1COc1ccc(/C=N\Nc2ccc(C(F)(F)F)cn2)cc1. The van der Waals surface area contributed by atoms with Crippen LogP contribution in [0.1, 0.15) is 16.7 Å². The Hall–Kier alpha value is -3.42. The van der Waals surface area contributed by atoms with Crippen LogP contribution in [0.3, 0.4) is 0 Å². The number of nitrogens with one attached hydrogen (secondary N) is 1. The first kappa shape index (κ1) is 19.3. The summed E-state index contributed by atoms with van der Waals surface area (Å²) in [7, 11) is 0. The molecule has 28 heavy (non-hydrogen) atoms. The van der Waals surface area contributed by atoms with Crippen LogP contribution in [0.25, 0.3) is 0 Å². The van der Waals surface area contributed by atoms with Gasteiger partial charge < -0.3 is 4.74 Å². The molecule has 1 heterocycles. The third-order valence-corrected chi connectivity index (χ3v) is 3.72. The third kappa shape index (κ3) is 5.29. The lowest BCUT2D eigenvalue weighted by atomic mass is 10.2. The predicted molar refractivity (Wildman–Crippen MR) is 97.6 cm³/mol. The van der Waals surface area contributed by atoms with E-state index in [1.807, 2.05) is 0 Å². The van der Waals surface area contributed by atoms with E-state index in [0.717, 1.165) is 17.8 Å². The lowest BCUT2D eigenvalue weighted by molar-refractivity contribution is -0.137. The van der Waals surface area contributed by atoms with Gasteiger partial charge in [0.2, 0.25) is 0 Å². The van der Waals surface area contributed by atoms with Gasteiger partial charge >= 0.3 is 6.18 Å². The molecular weight excluding hydrogens is 374 g/mol. The van der Waals surface area contributed by atoms with Crippen molar-refractivity contribution in [3.05, 3.63) is 89.4 Å². The molecule has 1 aromatic heterocycles. The minimum atomic E-state index is -4.43. The second-order valence-electron chi connectivity index (χ2n) is 5.75. The van der Waals surface area contributed by atoms with Gasteiger partial charge in [-0.05, 0) is 48.0 Å². The molecule has 144 valence electrons. The fourth-order valence-corrected chi connectivity index (χ4v) is 2.23. The number of anilines is 1. The lowest BCUT2D eigenvalue weighted by Gasteiger charge is -2.07. The summed E-state index contributed by atoms with van der Waals surface area (Å²) in [5, 5.41) is 3.93. The van der Waals surface area contributed by atoms with Crippen LogP contribution in [0, 0.1) is 5.82 Å². The zero-order chi connectivity index (χ0) is 20.0. The number of nitrogens with zero attached hydrogens (tertiary/aromatic N) is 2. The van der Waals surface area contributed by atoms with Crippen LogP contribution in [0.4, 0.5) is 23.4 Å². The Morgan fingerprint density at radius 1 is 1.00 bits per heavy atom. The van der Waals surface area contributed by atoms with Gasteiger partial charge in [0.05, 0.1) is 11.8 Å². The Labute approximate surface area is 158 Å². The first-order valence-corrected chi connectivity index (χ1v) is 8.20. The number of alkyl halides is 3. The largest absolute Gasteiger partial charge is 0.489 e. The zero-order valence-corrected chi connectivity index (χ0v) is 14.4. The van der Waals surface area contributed by atoms with Crippen molar-refractivity contribution in [1.82, 2.24) is 4.98 Å².